The number of benzene rings is 1. The van der Waals surface area contributed by atoms with Gasteiger partial charge in [-0.1, -0.05) is 0 Å². The molecular weight excluding hydrogens is 491 g/mol. The number of carbonyl (C=O) groups excluding carboxylic acids is 1. The Morgan fingerprint density at radius 1 is 1.00 bits per heavy atom. The molecule has 0 saturated heterocycles. The Labute approximate surface area is 199 Å². The summed E-state index contributed by atoms with van der Waals surface area (Å²) in [5.74, 6) is 1.22. The number of rotatable bonds is 11. The van der Waals surface area contributed by atoms with Crippen LogP contribution in [0.25, 0.3) is 10.9 Å². The van der Waals surface area contributed by atoms with E-state index in [9.17, 15) is 4.79 Å². The number of hydrogen-bond donors (Lipinski definition) is 2. The normalized spacial score (nSPS) is 11.5. The van der Waals surface area contributed by atoms with Crippen molar-refractivity contribution in [2.24, 2.45) is 5.73 Å². The number of aromatic nitrogens is 2. The second-order valence-corrected chi connectivity index (χ2v) is 10.5. The molecule has 178 valence electrons. The molecule has 1 aromatic carbocycles. The molecule has 2 heterocycles. The summed E-state index contributed by atoms with van der Waals surface area (Å²) in [6.07, 6.45) is 1.47. The zero-order valence-corrected chi connectivity index (χ0v) is 21.3. The number of nitrogens with one attached hydrogen (secondary N) is 1. The number of nitrogens with two attached hydrogens (primary N) is 1. The maximum absolute atomic E-state index is 12.1. The number of ether oxygens (including phenoxy) is 4. The monoisotopic (exact) mass is 522 g/mol. The van der Waals surface area contributed by atoms with Crippen LogP contribution in [0.5, 0.6) is 11.5 Å². The minimum absolute atomic E-state index is 0.0608. The second kappa shape index (κ2) is 11.0. The molecule has 9 nitrogen and oxygen atoms in total. The van der Waals surface area contributed by atoms with Crippen molar-refractivity contribution in [3.63, 3.8) is 0 Å². The van der Waals surface area contributed by atoms with Crippen molar-refractivity contribution in [1.82, 2.24) is 9.97 Å². The molecule has 3 aromatic rings. The van der Waals surface area contributed by atoms with Gasteiger partial charge in [0.05, 0.1) is 0 Å². The molecule has 3 rings (SSSR count). The van der Waals surface area contributed by atoms with Crippen molar-refractivity contribution in [1.29, 1.82) is 0 Å². The first-order valence-electron chi connectivity index (χ1n) is 10.5. The van der Waals surface area contributed by atoms with E-state index in [4.69, 9.17) is 24.7 Å². The van der Waals surface area contributed by atoms with Gasteiger partial charge in [0.2, 0.25) is 0 Å². The fourth-order valence-corrected chi connectivity index (χ4v) is 5.17. The van der Waals surface area contributed by atoms with Gasteiger partial charge in [0.1, 0.15) is 0 Å². The number of hydrogen-bond acceptors (Lipinski definition) is 8. The predicted octanol–water partition coefficient (Wildman–Crippen LogP) is 2.88. The van der Waals surface area contributed by atoms with E-state index in [1.807, 2.05) is 12.1 Å². The Bertz CT molecular complexity index is 1110. The van der Waals surface area contributed by atoms with E-state index in [0.29, 0.717) is 59.4 Å². The average Bonchev–Trinajstić information content (AvgIpc) is 3.19. The van der Waals surface area contributed by atoms with Gasteiger partial charge >= 0.3 is 192 Å². The zero-order chi connectivity index (χ0) is 24.0. The summed E-state index contributed by atoms with van der Waals surface area (Å²) in [6, 6.07) is 5.64. The molecule has 1 amide bonds. The molecule has 0 bridgehead atoms. The zero-order valence-electron chi connectivity index (χ0n) is 19.6. The summed E-state index contributed by atoms with van der Waals surface area (Å²) in [7, 11) is 3.23. The number of primary amides is 1. The standard InChI is InChI=1S/C23H30N4O5Se/c1-23(2,3)19-12-16(20(33-19)21(24)28)27-22-14-10-17(31-8-6-29-4)18(32-9-7-30-5)11-15(14)25-13-26-22/h10-13H,6-9H2,1-5H3,(H2,24,28)(H,25,26,27). The minimum atomic E-state index is -0.427. The third-order valence-corrected chi connectivity index (χ3v) is 8.04. The number of carbonyl (C=O) groups is 1. The molecule has 0 atom stereocenters. The summed E-state index contributed by atoms with van der Waals surface area (Å²) in [5.41, 5.74) is 6.97. The van der Waals surface area contributed by atoms with E-state index in [0.717, 1.165) is 5.39 Å². The number of methoxy groups -OCH3 is 2. The number of amides is 1. The van der Waals surface area contributed by atoms with Crippen molar-refractivity contribution in [3.05, 3.63) is 33.4 Å². The van der Waals surface area contributed by atoms with E-state index in [2.05, 4.69) is 36.1 Å². The topological polar surface area (TPSA) is 118 Å². The van der Waals surface area contributed by atoms with Crippen molar-refractivity contribution >= 4 is 42.8 Å². The Hall–Kier alpha value is -2.65. The van der Waals surface area contributed by atoms with Crippen molar-refractivity contribution < 1.29 is 23.7 Å². The summed E-state index contributed by atoms with van der Waals surface area (Å²) in [4.78, 5) is 20.9. The molecule has 0 saturated carbocycles. The van der Waals surface area contributed by atoms with Gasteiger partial charge in [-0.15, -0.1) is 0 Å². The van der Waals surface area contributed by atoms with Crippen molar-refractivity contribution in [2.45, 2.75) is 26.2 Å². The van der Waals surface area contributed by atoms with Crippen LogP contribution in [0.2, 0.25) is 0 Å². The van der Waals surface area contributed by atoms with Gasteiger partial charge in [0.15, 0.2) is 0 Å². The third kappa shape index (κ3) is 6.23. The first-order chi connectivity index (χ1) is 15.7. The van der Waals surface area contributed by atoms with Gasteiger partial charge < -0.3 is 0 Å². The van der Waals surface area contributed by atoms with E-state index >= 15 is 0 Å². The Kier molecular flexibility index (Phi) is 8.31. The third-order valence-electron chi connectivity index (χ3n) is 4.74. The Balaban J connectivity index is 2.02. The molecule has 2 aromatic heterocycles. The SMILES string of the molecule is COCCOc1cc2ncnc(Nc3cc(C(C)(C)C)[se]c3C(N)=O)c2cc1OCCOC. The molecular formula is C23H30N4O5Se. The molecule has 0 aliphatic heterocycles. The van der Waals surface area contributed by atoms with Gasteiger partial charge in [-0.2, -0.15) is 0 Å². The fraction of sp³-hybridized carbons (Fsp3) is 0.435. The number of nitrogens with zero attached hydrogens (tertiary/aromatic N) is 2. The number of anilines is 2. The predicted molar refractivity (Wildman–Crippen MR) is 128 cm³/mol. The molecule has 3 N–H and O–H groups in total. The van der Waals surface area contributed by atoms with Crippen LogP contribution >= 0.6 is 0 Å². The van der Waals surface area contributed by atoms with Gasteiger partial charge in [-0.05, 0) is 0 Å². The average molecular weight is 521 g/mol. The summed E-state index contributed by atoms with van der Waals surface area (Å²) in [5, 5.41) is 4.04. The van der Waals surface area contributed by atoms with E-state index < -0.39 is 5.91 Å². The van der Waals surface area contributed by atoms with Crippen LogP contribution in [0.4, 0.5) is 11.5 Å². The van der Waals surface area contributed by atoms with Crippen LogP contribution in [-0.4, -0.2) is 71.0 Å². The van der Waals surface area contributed by atoms with Crippen LogP contribution in [-0.2, 0) is 14.9 Å². The number of fused-ring (bicyclic) bond motifs is 1. The Morgan fingerprint density at radius 2 is 1.64 bits per heavy atom. The summed E-state index contributed by atoms with van der Waals surface area (Å²) >= 11 is -0.147. The second-order valence-electron chi connectivity index (χ2n) is 8.31. The quantitative estimate of drug-likeness (QED) is 0.292. The molecule has 0 fully saturated rings. The van der Waals surface area contributed by atoms with Crippen LogP contribution in [0.3, 0.4) is 0 Å². The molecule has 0 spiro atoms. The van der Waals surface area contributed by atoms with Crippen molar-refractivity contribution in [2.75, 3.05) is 46.0 Å². The van der Waals surface area contributed by atoms with Gasteiger partial charge in [0.25, 0.3) is 0 Å². The van der Waals surface area contributed by atoms with Crippen molar-refractivity contribution in [3.8, 4) is 11.5 Å². The summed E-state index contributed by atoms with van der Waals surface area (Å²) < 4.78 is 23.7. The first-order valence-corrected chi connectivity index (χ1v) is 12.2. The van der Waals surface area contributed by atoms with Crippen LogP contribution in [0.15, 0.2) is 24.5 Å². The van der Waals surface area contributed by atoms with Crippen LogP contribution < -0.4 is 20.5 Å². The van der Waals surface area contributed by atoms with E-state index in [1.54, 1.807) is 20.3 Å². The fourth-order valence-electron chi connectivity index (χ4n) is 3.02. The Morgan fingerprint density at radius 3 is 2.21 bits per heavy atom. The molecule has 0 unspecified atom stereocenters. The molecule has 0 radical (unpaired) electrons. The molecule has 10 heteroatoms. The maximum atomic E-state index is 12.1. The summed E-state index contributed by atoms with van der Waals surface area (Å²) in [6.45, 7) is 7.97. The van der Waals surface area contributed by atoms with Crippen LogP contribution in [0.1, 0.15) is 34.4 Å². The molecule has 0 aliphatic rings. The van der Waals surface area contributed by atoms with Gasteiger partial charge in [0, 0.05) is 7.11 Å². The molecule has 0 aliphatic carbocycles. The van der Waals surface area contributed by atoms with Gasteiger partial charge in [-0.3, -0.25) is 0 Å². The molecule has 33 heavy (non-hydrogen) atoms. The van der Waals surface area contributed by atoms with E-state index in [-0.39, 0.29) is 19.9 Å². The van der Waals surface area contributed by atoms with E-state index in [1.165, 1.54) is 10.8 Å². The first kappa shape index (κ1) is 25.0. The van der Waals surface area contributed by atoms with Gasteiger partial charge in [-0.25, -0.2) is 0 Å². The van der Waals surface area contributed by atoms with Crippen LogP contribution in [0, 0.1) is 0 Å².